The lowest BCUT2D eigenvalue weighted by atomic mass is 9.85. The van der Waals surface area contributed by atoms with Gasteiger partial charge in [-0.15, -0.1) is 11.8 Å². The van der Waals surface area contributed by atoms with Crippen LogP contribution in [0.1, 0.15) is 57.8 Å². The molecule has 11 heteroatoms. The Labute approximate surface area is 233 Å². The van der Waals surface area contributed by atoms with Gasteiger partial charge in [0.15, 0.2) is 0 Å². The Morgan fingerprint density at radius 1 is 0.949 bits per heavy atom. The first kappa shape index (κ1) is 31.5. The maximum Gasteiger partial charge on any atom is 0.264 e. The first-order chi connectivity index (χ1) is 18.6. The maximum absolute atomic E-state index is 13.8. The van der Waals surface area contributed by atoms with Crippen molar-refractivity contribution in [3.63, 3.8) is 0 Å². The Balaban J connectivity index is 1.34. The lowest BCUT2D eigenvalue weighted by Gasteiger charge is -2.24. The molecule has 1 amide bonds. The van der Waals surface area contributed by atoms with Gasteiger partial charge >= 0.3 is 0 Å². The second-order valence-corrected chi connectivity index (χ2v) is 12.9. The van der Waals surface area contributed by atoms with Gasteiger partial charge in [-0.1, -0.05) is 31.4 Å². The van der Waals surface area contributed by atoms with Crippen LogP contribution in [0.5, 0.6) is 0 Å². The molecule has 1 aliphatic carbocycles. The Morgan fingerprint density at radius 3 is 2.28 bits per heavy atom. The molecule has 3 rings (SSSR count). The molecule has 7 nitrogen and oxygen atoms in total. The smallest absolute Gasteiger partial charge is 0.264 e. The molecule has 2 aromatic carbocycles. The van der Waals surface area contributed by atoms with Crippen molar-refractivity contribution in [2.45, 2.75) is 85.9 Å². The molecule has 39 heavy (non-hydrogen) atoms. The summed E-state index contributed by atoms with van der Waals surface area (Å²) in [5.41, 5.74) is 0. The van der Waals surface area contributed by atoms with Crippen LogP contribution < -0.4 is 4.72 Å². The number of thioether (sulfide) groups is 1. The van der Waals surface area contributed by atoms with Gasteiger partial charge in [0.25, 0.3) is 10.0 Å². The molecule has 1 unspecified atom stereocenters. The van der Waals surface area contributed by atoms with Crippen LogP contribution in [0.25, 0.3) is 0 Å². The van der Waals surface area contributed by atoms with Crippen LogP contribution in [0.15, 0.2) is 58.3 Å². The third-order valence-corrected chi connectivity index (χ3v) is 9.77. The average molecular weight is 586 g/mol. The molecule has 0 aliphatic heterocycles. The number of halogens is 2. The number of rotatable bonds is 15. The van der Waals surface area contributed by atoms with Crippen molar-refractivity contribution < 1.29 is 37.3 Å². The van der Waals surface area contributed by atoms with Crippen LogP contribution in [0.2, 0.25) is 0 Å². The van der Waals surface area contributed by atoms with Gasteiger partial charge in [-0.05, 0) is 80.3 Å². The fraction of sp³-hybridized carbons (Fsp3) is 0.536. The second kappa shape index (κ2) is 15.1. The summed E-state index contributed by atoms with van der Waals surface area (Å²) in [4.78, 5) is 12.4. The van der Waals surface area contributed by atoms with Gasteiger partial charge in [0.1, 0.15) is 11.6 Å². The number of unbranched alkanes of at least 4 members (excludes halogenated alkanes) is 3. The summed E-state index contributed by atoms with van der Waals surface area (Å²) in [6.07, 6.45) is 2.91. The molecule has 1 fully saturated rings. The zero-order valence-electron chi connectivity index (χ0n) is 21.7. The Kier molecular flexibility index (Phi) is 12.2. The molecule has 0 heterocycles. The zero-order chi connectivity index (χ0) is 28.4. The highest BCUT2D eigenvalue weighted by Gasteiger charge is 2.40. The van der Waals surface area contributed by atoms with E-state index in [1.807, 2.05) is 4.72 Å². The van der Waals surface area contributed by atoms with Crippen LogP contribution in [0.4, 0.5) is 8.78 Å². The second-order valence-electron chi connectivity index (χ2n) is 10.1. The monoisotopic (exact) mass is 585 g/mol. The van der Waals surface area contributed by atoms with Crippen LogP contribution in [-0.2, 0) is 14.8 Å². The molecule has 5 atom stereocenters. The fourth-order valence-corrected chi connectivity index (χ4v) is 7.02. The van der Waals surface area contributed by atoms with Crippen LogP contribution in [0.3, 0.4) is 0 Å². The molecule has 0 bridgehead atoms. The highest BCUT2D eigenvalue weighted by Crippen LogP contribution is 2.39. The molecule has 0 saturated heterocycles. The lowest BCUT2D eigenvalue weighted by molar-refractivity contribution is -0.119. The fourth-order valence-electron chi connectivity index (χ4n) is 5.09. The van der Waals surface area contributed by atoms with Crippen LogP contribution in [0, 0.1) is 23.5 Å². The van der Waals surface area contributed by atoms with E-state index in [0.29, 0.717) is 49.2 Å². The summed E-state index contributed by atoms with van der Waals surface area (Å²) in [6.45, 7) is 0. The van der Waals surface area contributed by atoms with Crippen LogP contribution >= 0.6 is 11.8 Å². The minimum Gasteiger partial charge on any atom is -0.393 e. The largest absolute Gasteiger partial charge is 0.393 e. The van der Waals surface area contributed by atoms with Crippen molar-refractivity contribution >= 4 is 27.7 Å². The van der Waals surface area contributed by atoms with Crippen LogP contribution in [-0.4, -0.2) is 53.7 Å². The van der Waals surface area contributed by atoms with Gasteiger partial charge in [0.2, 0.25) is 5.91 Å². The van der Waals surface area contributed by atoms with Gasteiger partial charge < -0.3 is 15.3 Å². The summed E-state index contributed by atoms with van der Waals surface area (Å²) >= 11 is 1.25. The summed E-state index contributed by atoms with van der Waals surface area (Å²) in [5.74, 6) is -1.39. The quantitative estimate of drug-likeness (QED) is 0.180. The zero-order valence-corrected chi connectivity index (χ0v) is 23.3. The number of hydrogen-bond acceptors (Lipinski definition) is 7. The number of carbonyl (C=O) groups is 1. The van der Waals surface area contributed by atoms with Crippen molar-refractivity contribution in [2.24, 2.45) is 11.8 Å². The van der Waals surface area contributed by atoms with Gasteiger partial charge in [-0.3, -0.25) is 4.79 Å². The number of amides is 1. The van der Waals surface area contributed by atoms with Gasteiger partial charge in [0.05, 0.1) is 23.2 Å². The third kappa shape index (κ3) is 9.82. The van der Waals surface area contributed by atoms with E-state index in [1.165, 1.54) is 17.8 Å². The van der Waals surface area contributed by atoms with E-state index in [2.05, 4.69) is 0 Å². The molecule has 0 spiro atoms. The van der Waals surface area contributed by atoms with Crippen molar-refractivity contribution in [1.29, 1.82) is 0 Å². The average Bonchev–Trinajstić information content (AvgIpc) is 3.15. The Hall–Kier alpha value is -2.05. The first-order valence-electron chi connectivity index (χ1n) is 13.3. The summed E-state index contributed by atoms with van der Waals surface area (Å²) in [6, 6.07) is 10.6. The number of aliphatic hydroxyl groups excluding tert-OH is 3. The van der Waals surface area contributed by atoms with Crippen molar-refractivity contribution in [2.75, 3.05) is 5.75 Å². The summed E-state index contributed by atoms with van der Waals surface area (Å²) in [7, 11) is -4.04. The molecule has 1 saturated carbocycles. The molecular weight excluding hydrogens is 548 g/mol. The van der Waals surface area contributed by atoms with Crippen molar-refractivity contribution in [3.8, 4) is 0 Å². The van der Waals surface area contributed by atoms with E-state index in [9.17, 15) is 37.3 Å². The lowest BCUT2D eigenvalue weighted by Crippen LogP contribution is -2.30. The minimum atomic E-state index is -4.04. The predicted molar refractivity (Wildman–Crippen MR) is 145 cm³/mol. The van der Waals surface area contributed by atoms with E-state index in [0.717, 1.165) is 37.1 Å². The SMILES string of the molecule is O=C(CCCCCC[C@@H]1[C@@H](CCC(O)CSc2ccccc2F)[C@H](O)C[C@@H]1O)NS(=O)(=O)c1ccc(F)cc1. The van der Waals surface area contributed by atoms with Gasteiger partial charge in [0, 0.05) is 17.1 Å². The number of aliphatic hydroxyl groups is 3. The number of carbonyl (C=O) groups excluding carboxylic acids is 1. The Bertz CT molecular complexity index is 1160. The standard InChI is InChI=1S/C28H37F2NO6S2/c29-19-11-14-21(15-12-19)39(36,37)31-28(35)10-4-2-1-3-7-22-23(26(34)17-25(22)33)16-13-20(32)18-38-27-9-6-5-8-24(27)30/h5-6,8-9,11-12,14-15,20,22-23,25-26,32-34H,1-4,7,10,13,16-18H2,(H,31,35)/t20?,22-,23-,25+,26-/m1/s1. The normalized spacial score (nSPS) is 22.1. The van der Waals surface area contributed by atoms with E-state index in [1.54, 1.807) is 18.2 Å². The molecule has 216 valence electrons. The third-order valence-electron chi connectivity index (χ3n) is 7.19. The highest BCUT2D eigenvalue weighted by atomic mass is 32.2. The van der Waals surface area contributed by atoms with E-state index in [-0.39, 0.29) is 29.0 Å². The first-order valence-corrected chi connectivity index (χ1v) is 15.8. The molecule has 4 N–H and O–H groups in total. The predicted octanol–water partition coefficient (Wildman–Crippen LogP) is 4.40. The van der Waals surface area contributed by atoms with E-state index < -0.39 is 40.1 Å². The molecule has 0 aromatic heterocycles. The summed E-state index contributed by atoms with van der Waals surface area (Å²) in [5, 5.41) is 31.3. The van der Waals surface area contributed by atoms with E-state index in [4.69, 9.17) is 0 Å². The highest BCUT2D eigenvalue weighted by molar-refractivity contribution is 7.99. The molecule has 1 aliphatic rings. The number of hydrogen-bond donors (Lipinski definition) is 4. The van der Waals surface area contributed by atoms with Gasteiger partial charge in [-0.2, -0.15) is 0 Å². The number of benzene rings is 2. The summed E-state index contributed by atoms with van der Waals surface area (Å²) < 4.78 is 53.2. The molecular formula is C28H37F2NO6S2. The number of nitrogens with one attached hydrogen (secondary N) is 1. The molecule has 0 radical (unpaired) electrons. The minimum absolute atomic E-state index is 0.0383. The van der Waals surface area contributed by atoms with E-state index >= 15 is 0 Å². The topological polar surface area (TPSA) is 124 Å². The Morgan fingerprint density at radius 2 is 1.59 bits per heavy atom. The van der Waals surface area contributed by atoms with Gasteiger partial charge in [-0.25, -0.2) is 21.9 Å². The van der Waals surface area contributed by atoms with Crippen molar-refractivity contribution in [3.05, 3.63) is 60.2 Å². The maximum atomic E-state index is 13.8. The molecule has 2 aromatic rings. The van der Waals surface area contributed by atoms with Crippen molar-refractivity contribution in [1.82, 2.24) is 4.72 Å². The number of sulfonamides is 1.